The summed E-state index contributed by atoms with van der Waals surface area (Å²) >= 11 is 6.34. The van der Waals surface area contributed by atoms with E-state index >= 15 is 0 Å². The monoisotopic (exact) mass is 393 g/mol. The Kier molecular flexibility index (Phi) is 5.17. The van der Waals surface area contributed by atoms with Crippen molar-refractivity contribution in [1.29, 1.82) is 0 Å². The largest absolute Gasteiger partial charge is 0.460 e. The van der Waals surface area contributed by atoms with Crippen LogP contribution in [0, 0.1) is 6.92 Å². The highest BCUT2D eigenvalue weighted by Gasteiger charge is 2.19. The summed E-state index contributed by atoms with van der Waals surface area (Å²) in [5, 5.41) is 3.65. The number of furan rings is 1. The molecule has 0 spiro atoms. The molecule has 0 atom stereocenters. The summed E-state index contributed by atoms with van der Waals surface area (Å²) in [5.41, 5.74) is 4.02. The average molecular weight is 394 g/mol. The van der Waals surface area contributed by atoms with Gasteiger partial charge in [-0.3, -0.25) is 9.78 Å². The van der Waals surface area contributed by atoms with E-state index in [9.17, 15) is 4.79 Å². The maximum atomic E-state index is 12.9. The molecule has 0 aliphatic carbocycles. The summed E-state index contributed by atoms with van der Waals surface area (Å²) in [7, 11) is 0. The lowest BCUT2D eigenvalue weighted by molar-refractivity contribution is 0.0945. The van der Waals surface area contributed by atoms with Crippen LogP contribution in [-0.4, -0.2) is 22.0 Å². The Morgan fingerprint density at radius 1 is 1.18 bits per heavy atom. The van der Waals surface area contributed by atoms with Crippen molar-refractivity contribution < 1.29 is 9.21 Å². The Labute approximate surface area is 167 Å². The number of pyridine rings is 1. The summed E-state index contributed by atoms with van der Waals surface area (Å²) in [5.74, 6) is 0.659. The van der Waals surface area contributed by atoms with Gasteiger partial charge in [-0.25, -0.2) is 0 Å². The van der Waals surface area contributed by atoms with Gasteiger partial charge in [0, 0.05) is 48.6 Å². The molecule has 28 heavy (non-hydrogen) atoms. The topological polar surface area (TPSA) is 60.1 Å². The van der Waals surface area contributed by atoms with Gasteiger partial charge in [-0.1, -0.05) is 35.9 Å². The second kappa shape index (κ2) is 7.90. The first-order chi connectivity index (χ1) is 13.6. The van der Waals surface area contributed by atoms with Crippen molar-refractivity contribution in [2.45, 2.75) is 19.9 Å². The van der Waals surface area contributed by atoms with E-state index in [-0.39, 0.29) is 5.91 Å². The van der Waals surface area contributed by atoms with Gasteiger partial charge in [0.15, 0.2) is 5.58 Å². The second-order valence-corrected chi connectivity index (χ2v) is 7.05. The molecule has 0 unspecified atom stereocenters. The van der Waals surface area contributed by atoms with E-state index in [0.29, 0.717) is 35.8 Å². The first-order valence-corrected chi connectivity index (χ1v) is 9.51. The molecule has 0 saturated carbocycles. The molecule has 1 aromatic carbocycles. The molecule has 3 aromatic heterocycles. The molecule has 1 N–H and O–H groups in total. The van der Waals surface area contributed by atoms with Crippen LogP contribution < -0.4 is 5.32 Å². The molecule has 1 amide bonds. The number of rotatable bonds is 6. The van der Waals surface area contributed by atoms with Crippen LogP contribution in [0.4, 0.5) is 0 Å². The number of carbonyl (C=O) groups excluding carboxylic acids is 1. The molecule has 0 aliphatic heterocycles. The van der Waals surface area contributed by atoms with Crippen molar-refractivity contribution >= 4 is 28.6 Å². The molecule has 0 bridgehead atoms. The number of nitrogens with zero attached hydrogens (tertiary/aromatic N) is 2. The standard InChI is InChI=1S/C22H20ClN3O2/c1-15-12-19-21(28-15)13-20(26(19)14-16-6-2-3-8-18(16)23)22(27)25-11-9-17-7-4-5-10-24-17/h2-8,10,12-13H,9,11,14H2,1H3,(H,25,27). The molecule has 4 rings (SSSR count). The third kappa shape index (κ3) is 3.80. The quantitative estimate of drug-likeness (QED) is 0.520. The third-order valence-corrected chi connectivity index (χ3v) is 4.99. The Hall–Kier alpha value is -3.05. The minimum Gasteiger partial charge on any atom is -0.460 e. The average Bonchev–Trinajstić information content (AvgIpc) is 3.21. The fourth-order valence-corrected chi connectivity index (χ4v) is 3.46. The van der Waals surface area contributed by atoms with Crippen molar-refractivity contribution in [3.8, 4) is 0 Å². The Morgan fingerprint density at radius 2 is 2.00 bits per heavy atom. The molecule has 4 aromatic rings. The van der Waals surface area contributed by atoms with E-state index in [1.807, 2.05) is 60.0 Å². The molecule has 6 heteroatoms. The SMILES string of the molecule is Cc1cc2c(cc(C(=O)NCCc3ccccn3)n2Cc2ccccc2Cl)o1. The van der Waals surface area contributed by atoms with Gasteiger partial charge in [0.1, 0.15) is 11.5 Å². The number of hydrogen-bond acceptors (Lipinski definition) is 3. The van der Waals surface area contributed by atoms with Crippen LogP contribution in [-0.2, 0) is 13.0 Å². The summed E-state index contributed by atoms with van der Waals surface area (Å²) in [4.78, 5) is 17.1. The van der Waals surface area contributed by atoms with Gasteiger partial charge in [0.25, 0.3) is 5.91 Å². The molecule has 0 aliphatic rings. The summed E-state index contributed by atoms with van der Waals surface area (Å²) < 4.78 is 7.68. The van der Waals surface area contributed by atoms with E-state index in [1.54, 1.807) is 12.3 Å². The normalized spacial score (nSPS) is 11.1. The smallest absolute Gasteiger partial charge is 0.268 e. The van der Waals surface area contributed by atoms with Crippen LogP contribution in [0.25, 0.3) is 11.1 Å². The first-order valence-electron chi connectivity index (χ1n) is 9.13. The maximum Gasteiger partial charge on any atom is 0.268 e. The maximum absolute atomic E-state index is 12.9. The lowest BCUT2D eigenvalue weighted by Gasteiger charge is -2.12. The molecule has 0 fully saturated rings. The number of aryl methyl sites for hydroxylation is 1. The zero-order valence-electron chi connectivity index (χ0n) is 15.5. The zero-order valence-corrected chi connectivity index (χ0v) is 16.2. The molecular formula is C22H20ClN3O2. The molecule has 3 heterocycles. The number of fused-ring (bicyclic) bond motifs is 1. The van der Waals surface area contributed by atoms with Gasteiger partial charge in [-0.2, -0.15) is 0 Å². The molecular weight excluding hydrogens is 374 g/mol. The van der Waals surface area contributed by atoms with Gasteiger partial charge < -0.3 is 14.3 Å². The van der Waals surface area contributed by atoms with E-state index in [4.69, 9.17) is 16.0 Å². The van der Waals surface area contributed by atoms with Crippen molar-refractivity contribution in [2.75, 3.05) is 6.54 Å². The highest BCUT2D eigenvalue weighted by molar-refractivity contribution is 6.31. The van der Waals surface area contributed by atoms with Crippen molar-refractivity contribution in [2.24, 2.45) is 0 Å². The van der Waals surface area contributed by atoms with Crippen LogP contribution in [0.5, 0.6) is 0 Å². The van der Waals surface area contributed by atoms with E-state index in [0.717, 1.165) is 22.5 Å². The number of hydrogen-bond donors (Lipinski definition) is 1. The summed E-state index contributed by atoms with van der Waals surface area (Å²) in [6.45, 7) is 2.89. The number of amides is 1. The van der Waals surface area contributed by atoms with Crippen molar-refractivity contribution in [3.63, 3.8) is 0 Å². The molecule has 0 saturated heterocycles. The molecule has 142 valence electrons. The highest BCUT2D eigenvalue weighted by atomic mass is 35.5. The fraction of sp³-hybridized carbons (Fsp3) is 0.182. The highest BCUT2D eigenvalue weighted by Crippen LogP contribution is 2.26. The van der Waals surface area contributed by atoms with E-state index in [1.165, 1.54) is 0 Å². The van der Waals surface area contributed by atoms with Crippen molar-refractivity contribution in [3.05, 3.63) is 88.5 Å². The van der Waals surface area contributed by atoms with Crippen molar-refractivity contribution in [1.82, 2.24) is 14.9 Å². The van der Waals surface area contributed by atoms with Crippen LogP contribution in [0.15, 0.2) is 65.2 Å². The Balaban J connectivity index is 1.58. The first kappa shape index (κ1) is 18.3. The number of nitrogens with one attached hydrogen (secondary N) is 1. The number of carbonyl (C=O) groups is 1. The van der Waals surface area contributed by atoms with Crippen LogP contribution >= 0.6 is 11.6 Å². The van der Waals surface area contributed by atoms with Gasteiger partial charge in [0.05, 0.1) is 5.52 Å². The number of aromatic nitrogens is 2. The Bertz CT molecular complexity index is 1120. The molecule has 5 nitrogen and oxygen atoms in total. The van der Waals surface area contributed by atoms with E-state index < -0.39 is 0 Å². The van der Waals surface area contributed by atoms with Gasteiger partial charge in [-0.15, -0.1) is 0 Å². The van der Waals surface area contributed by atoms with E-state index in [2.05, 4.69) is 10.3 Å². The fourth-order valence-electron chi connectivity index (χ4n) is 3.26. The van der Waals surface area contributed by atoms with Gasteiger partial charge >= 0.3 is 0 Å². The minimum absolute atomic E-state index is 0.146. The predicted octanol–water partition coefficient (Wildman–Crippen LogP) is 4.61. The summed E-state index contributed by atoms with van der Waals surface area (Å²) in [6.07, 6.45) is 2.43. The number of halogens is 1. The number of benzene rings is 1. The minimum atomic E-state index is -0.146. The molecule has 0 radical (unpaired) electrons. The van der Waals surface area contributed by atoms with Crippen LogP contribution in [0.2, 0.25) is 5.02 Å². The third-order valence-electron chi connectivity index (χ3n) is 4.62. The van der Waals surface area contributed by atoms with Gasteiger partial charge in [0.2, 0.25) is 0 Å². The van der Waals surface area contributed by atoms with Crippen LogP contribution in [0.3, 0.4) is 0 Å². The summed E-state index contributed by atoms with van der Waals surface area (Å²) in [6, 6.07) is 17.1. The lowest BCUT2D eigenvalue weighted by atomic mass is 10.2. The van der Waals surface area contributed by atoms with Gasteiger partial charge in [-0.05, 0) is 30.7 Å². The predicted molar refractivity (Wildman–Crippen MR) is 110 cm³/mol. The second-order valence-electron chi connectivity index (χ2n) is 6.64. The Morgan fingerprint density at radius 3 is 2.79 bits per heavy atom. The van der Waals surface area contributed by atoms with Crippen LogP contribution in [0.1, 0.15) is 27.5 Å². The lowest BCUT2D eigenvalue weighted by Crippen LogP contribution is -2.28. The zero-order chi connectivity index (χ0) is 19.5.